The van der Waals surface area contributed by atoms with E-state index in [0.29, 0.717) is 23.7 Å². The van der Waals surface area contributed by atoms with Crippen LogP contribution in [0.15, 0.2) is 54.6 Å². The van der Waals surface area contributed by atoms with Gasteiger partial charge in [-0.1, -0.05) is 124 Å². The molecule has 3 aromatic carbocycles. The summed E-state index contributed by atoms with van der Waals surface area (Å²) in [6, 6.07) is 20.2. The first-order valence-electron chi connectivity index (χ1n) is 13.1. The van der Waals surface area contributed by atoms with Crippen LogP contribution >= 0.6 is 0 Å². The fourth-order valence-electron chi connectivity index (χ4n) is 4.87. The average Bonchev–Trinajstić information content (AvgIpc) is 2.83. The number of hydrogen-bond donors (Lipinski definition) is 0. The smallest absolute Gasteiger partial charge is 0.134 e. The summed E-state index contributed by atoms with van der Waals surface area (Å²) in [6.07, 6.45) is 0. The molecule has 0 atom stereocenters. The summed E-state index contributed by atoms with van der Waals surface area (Å²) in [5.74, 6) is 2.73. The van der Waals surface area contributed by atoms with Gasteiger partial charge in [-0.25, -0.2) is 0 Å². The molecule has 0 aliphatic rings. The third kappa shape index (κ3) is 5.57. The number of ether oxygens (including phenoxy) is 1. The molecule has 0 spiro atoms. The van der Waals surface area contributed by atoms with E-state index in [2.05, 4.69) is 110 Å². The second-order valence-corrected chi connectivity index (χ2v) is 10.1. The molecular weight excluding hydrogens is 412 g/mol. The molecule has 0 N–H and O–H groups in total. The van der Waals surface area contributed by atoms with Crippen molar-refractivity contribution in [3.8, 4) is 28.0 Å². The second kappa shape index (κ2) is 12.2. The number of rotatable bonds is 7. The van der Waals surface area contributed by atoms with Crippen molar-refractivity contribution >= 4 is 0 Å². The summed E-state index contributed by atoms with van der Waals surface area (Å²) in [4.78, 5) is 0. The van der Waals surface area contributed by atoms with Gasteiger partial charge in [-0.2, -0.15) is 0 Å². The van der Waals surface area contributed by atoms with Crippen LogP contribution in [-0.4, -0.2) is 7.11 Å². The Morgan fingerprint density at radius 2 is 0.735 bits per heavy atom. The monoisotopic (exact) mass is 458 g/mol. The Morgan fingerprint density at radius 1 is 0.471 bits per heavy atom. The van der Waals surface area contributed by atoms with Gasteiger partial charge in [0, 0.05) is 11.1 Å². The van der Waals surface area contributed by atoms with E-state index in [9.17, 15) is 0 Å². The van der Waals surface area contributed by atoms with E-state index in [-0.39, 0.29) is 0 Å². The molecule has 1 heteroatoms. The molecule has 0 saturated carbocycles. The van der Waals surface area contributed by atoms with Crippen molar-refractivity contribution in [3.63, 3.8) is 0 Å². The molecule has 0 fully saturated rings. The SMILES string of the molecule is CC.COc1c(-c2c(C(C)C)cccc2C(C)C)cccc1-c1c(C(C)C)cccc1C(C)C. The summed E-state index contributed by atoms with van der Waals surface area (Å²) in [7, 11) is 1.82. The van der Waals surface area contributed by atoms with E-state index < -0.39 is 0 Å². The normalized spacial score (nSPS) is 11.3. The van der Waals surface area contributed by atoms with E-state index >= 15 is 0 Å². The third-order valence-electron chi connectivity index (χ3n) is 6.50. The predicted octanol–water partition coefficient (Wildman–Crippen LogP) is 10.5. The van der Waals surface area contributed by atoms with Gasteiger partial charge in [-0.3, -0.25) is 0 Å². The predicted molar refractivity (Wildman–Crippen MR) is 152 cm³/mol. The minimum atomic E-state index is 0.436. The maximum Gasteiger partial charge on any atom is 0.134 e. The highest BCUT2D eigenvalue weighted by molar-refractivity contribution is 5.87. The Bertz CT molecular complexity index is 936. The van der Waals surface area contributed by atoms with Crippen LogP contribution in [-0.2, 0) is 0 Å². The van der Waals surface area contributed by atoms with Gasteiger partial charge < -0.3 is 4.74 Å². The minimum absolute atomic E-state index is 0.436. The molecule has 184 valence electrons. The van der Waals surface area contributed by atoms with Gasteiger partial charge in [0.15, 0.2) is 0 Å². The lowest BCUT2D eigenvalue weighted by Crippen LogP contribution is -2.04. The Morgan fingerprint density at radius 3 is 0.971 bits per heavy atom. The van der Waals surface area contributed by atoms with Crippen molar-refractivity contribution in [1.29, 1.82) is 0 Å². The van der Waals surface area contributed by atoms with E-state index in [0.717, 1.165) is 5.75 Å². The fraction of sp³-hybridized carbons (Fsp3) is 0.455. The molecule has 1 nitrogen and oxygen atoms in total. The van der Waals surface area contributed by atoms with Gasteiger partial charge in [0.05, 0.1) is 7.11 Å². The molecule has 0 aliphatic heterocycles. The highest BCUT2D eigenvalue weighted by Gasteiger charge is 2.23. The van der Waals surface area contributed by atoms with Crippen LogP contribution in [0.3, 0.4) is 0 Å². The first kappa shape index (κ1) is 27.7. The van der Waals surface area contributed by atoms with Gasteiger partial charge in [0.25, 0.3) is 0 Å². The van der Waals surface area contributed by atoms with E-state index in [4.69, 9.17) is 4.74 Å². The van der Waals surface area contributed by atoms with E-state index in [1.54, 1.807) is 0 Å². The molecule has 0 aromatic heterocycles. The average molecular weight is 459 g/mol. The van der Waals surface area contributed by atoms with Crippen molar-refractivity contribution < 1.29 is 4.74 Å². The van der Waals surface area contributed by atoms with Crippen LogP contribution in [0.25, 0.3) is 22.3 Å². The maximum absolute atomic E-state index is 6.22. The van der Waals surface area contributed by atoms with Crippen molar-refractivity contribution in [2.45, 2.75) is 92.9 Å². The minimum Gasteiger partial charge on any atom is -0.495 e. The van der Waals surface area contributed by atoms with Crippen LogP contribution in [0.1, 0.15) is 115 Å². The number of para-hydroxylation sites is 1. The summed E-state index contributed by atoms with van der Waals surface area (Å²) < 4.78 is 6.22. The van der Waals surface area contributed by atoms with Crippen LogP contribution < -0.4 is 4.74 Å². The fourth-order valence-corrected chi connectivity index (χ4v) is 4.87. The number of methoxy groups -OCH3 is 1. The largest absolute Gasteiger partial charge is 0.495 e. The van der Waals surface area contributed by atoms with E-state index in [1.807, 2.05) is 21.0 Å². The molecule has 0 bridgehead atoms. The standard InChI is InChI=1S/C31H40O.C2H6/c1-19(2)23-13-10-14-24(20(3)4)29(23)27-17-12-18-28(31(27)32-9)30-25(21(5)6)15-11-16-26(30)22(7)8;1-2/h10-22H,1-9H3;1-2H3. The van der Waals surface area contributed by atoms with Crippen LogP contribution in [0.2, 0.25) is 0 Å². The van der Waals surface area contributed by atoms with Gasteiger partial charge in [-0.15, -0.1) is 0 Å². The highest BCUT2D eigenvalue weighted by Crippen LogP contribution is 2.47. The summed E-state index contributed by atoms with van der Waals surface area (Å²) in [5, 5.41) is 0. The molecular formula is C33H46O. The molecule has 3 rings (SSSR count). The van der Waals surface area contributed by atoms with Gasteiger partial charge in [0.2, 0.25) is 0 Å². The third-order valence-corrected chi connectivity index (χ3v) is 6.50. The zero-order chi connectivity index (χ0) is 25.6. The van der Waals surface area contributed by atoms with Gasteiger partial charge in [-0.05, 0) is 57.1 Å². The molecule has 3 aromatic rings. The summed E-state index contributed by atoms with van der Waals surface area (Å²) >= 11 is 0. The van der Waals surface area contributed by atoms with Gasteiger partial charge in [0.1, 0.15) is 5.75 Å². The molecule has 0 amide bonds. The van der Waals surface area contributed by atoms with Crippen molar-refractivity contribution in [2.75, 3.05) is 7.11 Å². The second-order valence-electron chi connectivity index (χ2n) is 10.1. The van der Waals surface area contributed by atoms with Crippen molar-refractivity contribution in [2.24, 2.45) is 0 Å². The number of hydrogen-bond acceptors (Lipinski definition) is 1. The maximum atomic E-state index is 6.22. The molecule has 0 heterocycles. The Balaban J connectivity index is 0.00000199. The zero-order valence-electron chi connectivity index (χ0n) is 23.4. The van der Waals surface area contributed by atoms with Crippen molar-refractivity contribution in [3.05, 3.63) is 76.9 Å². The van der Waals surface area contributed by atoms with Crippen LogP contribution in [0, 0.1) is 0 Å². The Kier molecular flexibility index (Phi) is 9.98. The first-order chi connectivity index (χ1) is 16.2. The molecule has 0 saturated heterocycles. The summed E-state index contributed by atoms with van der Waals surface area (Å²) in [6.45, 7) is 22.3. The van der Waals surface area contributed by atoms with Crippen LogP contribution in [0.5, 0.6) is 5.75 Å². The lowest BCUT2D eigenvalue weighted by Gasteiger charge is -2.25. The Hall–Kier alpha value is -2.54. The lowest BCUT2D eigenvalue weighted by molar-refractivity contribution is 0.418. The number of benzene rings is 3. The topological polar surface area (TPSA) is 9.23 Å². The quantitative estimate of drug-likeness (QED) is 0.342. The van der Waals surface area contributed by atoms with Crippen LogP contribution in [0.4, 0.5) is 0 Å². The zero-order valence-corrected chi connectivity index (χ0v) is 23.4. The van der Waals surface area contributed by atoms with Crippen molar-refractivity contribution in [1.82, 2.24) is 0 Å². The molecule has 0 aliphatic carbocycles. The molecule has 0 unspecified atom stereocenters. The highest BCUT2D eigenvalue weighted by atomic mass is 16.5. The van der Waals surface area contributed by atoms with Gasteiger partial charge >= 0.3 is 0 Å². The van der Waals surface area contributed by atoms with E-state index in [1.165, 1.54) is 44.5 Å². The first-order valence-corrected chi connectivity index (χ1v) is 13.1. The lowest BCUT2D eigenvalue weighted by atomic mass is 9.81. The molecule has 34 heavy (non-hydrogen) atoms. The molecule has 0 radical (unpaired) electrons. The summed E-state index contributed by atoms with van der Waals surface area (Å²) in [5.41, 5.74) is 10.6. The Labute approximate surface area is 209 Å².